The van der Waals surface area contributed by atoms with E-state index in [2.05, 4.69) is 4.98 Å². The van der Waals surface area contributed by atoms with Crippen LogP contribution in [0.25, 0.3) is 11.3 Å². The molecule has 9 heteroatoms. The highest BCUT2D eigenvalue weighted by molar-refractivity contribution is 6.42. The van der Waals surface area contributed by atoms with Crippen molar-refractivity contribution in [3.8, 4) is 11.3 Å². The van der Waals surface area contributed by atoms with E-state index in [1.54, 1.807) is 0 Å². The van der Waals surface area contributed by atoms with Gasteiger partial charge in [0.2, 0.25) is 0 Å². The van der Waals surface area contributed by atoms with Crippen molar-refractivity contribution < 1.29 is 18.0 Å². The maximum atomic E-state index is 12.8. The molecule has 0 saturated carbocycles. The lowest BCUT2D eigenvalue weighted by Gasteiger charge is -2.13. The Hall–Kier alpha value is -1.50. The van der Waals surface area contributed by atoms with Gasteiger partial charge in [-0.15, -0.1) is 0 Å². The molecule has 0 aliphatic carbocycles. The third-order valence-corrected chi connectivity index (χ3v) is 3.51. The van der Waals surface area contributed by atoms with Gasteiger partial charge in [-0.1, -0.05) is 34.8 Å². The van der Waals surface area contributed by atoms with Crippen molar-refractivity contribution >= 4 is 40.7 Å². The van der Waals surface area contributed by atoms with Crippen molar-refractivity contribution in [2.45, 2.75) is 6.18 Å². The van der Waals surface area contributed by atoms with E-state index in [9.17, 15) is 18.0 Å². The Morgan fingerprint density at radius 3 is 2.09 bits per heavy atom. The Labute approximate surface area is 137 Å². The maximum absolute atomic E-state index is 12.8. The second-order valence-corrected chi connectivity index (χ2v) is 5.45. The summed E-state index contributed by atoms with van der Waals surface area (Å²) < 4.78 is 38.4. The van der Waals surface area contributed by atoms with Crippen LogP contribution in [-0.2, 0) is 6.18 Å². The van der Waals surface area contributed by atoms with E-state index in [1.165, 1.54) is 12.1 Å². The lowest BCUT2D eigenvalue weighted by Crippen LogP contribution is -2.16. The smallest absolute Gasteiger partial charge is 0.366 e. The number of alkyl halides is 3. The van der Waals surface area contributed by atoms with Crippen LogP contribution in [0.2, 0.25) is 15.1 Å². The van der Waals surface area contributed by atoms with Crippen LogP contribution in [0.3, 0.4) is 0 Å². The molecular formula is C13H6Cl3F3N2O. The molecule has 0 unspecified atom stereocenters. The Morgan fingerprint density at radius 1 is 1.09 bits per heavy atom. The zero-order chi connectivity index (χ0) is 16.7. The number of pyridine rings is 1. The van der Waals surface area contributed by atoms with Crippen molar-refractivity contribution in [3.63, 3.8) is 0 Å². The number of primary amides is 1. The highest BCUT2D eigenvalue weighted by Crippen LogP contribution is 2.39. The van der Waals surface area contributed by atoms with Crippen LogP contribution in [0, 0.1) is 0 Å². The summed E-state index contributed by atoms with van der Waals surface area (Å²) in [6, 6.07) is 4.13. The Kier molecular flexibility index (Phi) is 4.56. The monoisotopic (exact) mass is 368 g/mol. The summed E-state index contributed by atoms with van der Waals surface area (Å²) in [5.41, 5.74) is 3.33. The number of rotatable bonds is 2. The van der Waals surface area contributed by atoms with Crippen molar-refractivity contribution in [3.05, 3.63) is 50.6 Å². The minimum Gasteiger partial charge on any atom is -0.366 e. The molecule has 2 aromatic rings. The number of nitrogens with zero attached hydrogens (tertiary/aromatic N) is 1. The van der Waals surface area contributed by atoms with Gasteiger partial charge in [0.15, 0.2) is 0 Å². The molecule has 3 nitrogen and oxygen atoms in total. The van der Waals surface area contributed by atoms with E-state index in [0.717, 1.165) is 6.07 Å². The quantitative estimate of drug-likeness (QED) is 0.824. The predicted molar refractivity (Wildman–Crippen MR) is 78.2 cm³/mol. The van der Waals surface area contributed by atoms with Gasteiger partial charge >= 0.3 is 6.18 Å². The van der Waals surface area contributed by atoms with Crippen LogP contribution >= 0.6 is 34.8 Å². The molecule has 116 valence electrons. The average molecular weight is 370 g/mol. The van der Waals surface area contributed by atoms with E-state index in [0.29, 0.717) is 6.07 Å². The van der Waals surface area contributed by atoms with Gasteiger partial charge in [0.05, 0.1) is 21.3 Å². The predicted octanol–water partition coefficient (Wildman–Crippen LogP) is 4.83. The van der Waals surface area contributed by atoms with Crippen LogP contribution in [-0.4, -0.2) is 10.9 Å². The minimum absolute atomic E-state index is 0.0485. The van der Waals surface area contributed by atoms with Crippen molar-refractivity contribution in [2.24, 2.45) is 5.73 Å². The van der Waals surface area contributed by atoms with E-state index < -0.39 is 17.8 Å². The van der Waals surface area contributed by atoms with E-state index in [-0.39, 0.29) is 31.9 Å². The second-order valence-electron chi connectivity index (χ2n) is 4.20. The second kappa shape index (κ2) is 5.95. The van der Waals surface area contributed by atoms with Crippen LogP contribution in [0.15, 0.2) is 24.3 Å². The van der Waals surface area contributed by atoms with Gasteiger partial charge in [0.1, 0.15) is 5.69 Å². The standard InChI is InChI=1S/C13H6Cl3F3N2O/c14-5-3-7(15)10(8(16)4-5)11-6(12(20)22)1-2-9(21-11)13(17,18)19/h1-4H,(H2,20,22). The van der Waals surface area contributed by atoms with Crippen LogP contribution in [0.4, 0.5) is 13.2 Å². The number of hydrogen-bond acceptors (Lipinski definition) is 2. The van der Waals surface area contributed by atoms with Crippen molar-refractivity contribution in [1.82, 2.24) is 4.98 Å². The van der Waals surface area contributed by atoms with Crippen molar-refractivity contribution in [1.29, 1.82) is 0 Å². The van der Waals surface area contributed by atoms with Crippen molar-refractivity contribution in [2.75, 3.05) is 0 Å². The highest BCUT2D eigenvalue weighted by atomic mass is 35.5. The number of carbonyl (C=O) groups is 1. The SMILES string of the molecule is NC(=O)c1ccc(C(F)(F)F)nc1-c1c(Cl)cc(Cl)cc1Cl. The molecule has 1 aromatic carbocycles. The molecule has 1 heterocycles. The Bertz CT molecular complexity index is 740. The molecule has 0 spiro atoms. The number of aromatic nitrogens is 1. The summed E-state index contributed by atoms with van der Waals surface area (Å²) in [7, 11) is 0. The number of halogens is 6. The average Bonchev–Trinajstić information content (AvgIpc) is 2.36. The van der Waals surface area contributed by atoms with Gasteiger partial charge in [0, 0.05) is 10.6 Å². The molecule has 1 amide bonds. The van der Waals surface area contributed by atoms with Gasteiger partial charge in [-0.05, 0) is 24.3 Å². The lowest BCUT2D eigenvalue weighted by molar-refractivity contribution is -0.141. The fourth-order valence-corrected chi connectivity index (χ4v) is 2.77. The fourth-order valence-electron chi connectivity index (χ4n) is 1.77. The van der Waals surface area contributed by atoms with Crippen LogP contribution < -0.4 is 5.73 Å². The summed E-state index contributed by atoms with van der Waals surface area (Å²) in [4.78, 5) is 14.9. The molecule has 1 aromatic heterocycles. The number of hydrogen-bond donors (Lipinski definition) is 1. The van der Waals surface area contributed by atoms with Crippen LogP contribution in [0.5, 0.6) is 0 Å². The topological polar surface area (TPSA) is 56.0 Å². The molecule has 0 bridgehead atoms. The maximum Gasteiger partial charge on any atom is 0.433 e. The van der Waals surface area contributed by atoms with E-state index >= 15 is 0 Å². The minimum atomic E-state index is -4.70. The largest absolute Gasteiger partial charge is 0.433 e. The first-order valence-corrected chi connectivity index (χ1v) is 6.77. The van der Waals surface area contributed by atoms with Gasteiger partial charge in [0.25, 0.3) is 5.91 Å². The summed E-state index contributed by atoms with van der Waals surface area (Å²) in [5.74, 6) is -0.960. The Balaban J connectivity index is 2.80. The summed E-state index contributed by atoms with van der Waals surface area (Å²) in [6.45, 7) is 0. The summed E-state index contributed by atoms with van der Waals surface area (Å²) in [5, 5.41) is 0.0880. The molecule has 0 saturated heterocycles. The number of amides is 1. The number of nitrogens with two attached hydrogens (primary N) is 1. The first-order chi connectivity index (χ1) is 10.1. The zero-order valence-electron chi connectivity index (χ0n) is 10.5. The molecule has 0 fully saturated rings. The molecule has 0 aliphatic rings. The molecule has 0 radical (unpaired) electrons. The molecular weight excluding hydrogens is 364 g/mol. The number of carbonyl (C=O) groups excluding carboxylic acids is 1. The summed E-state index contributed by atoms with van der Waals surface area (Å²) >= 11 is 17.7. The van der Waals surface area contributed by atoms with E-state index in [4.69, 9.17) is 40.5 Å². The normalized spacial score (nSPS) is 11.5. The Morgan fingerprint density at radius 2 is 1.64 bits per heavy atom. The van der Waals surface area contributed by atoms with Gasteiger partial charge in [-0.3, -0.25) is 4.79 Å². The lowest BCUT2D eigenvalue weighted by atomic mass is 10.0. The molecule has 0 aliphatic heterocycles. The molecule has 0 atom stereocenters. The third-order valence-electron chi connectivity index (χ3n) is 2.69. The van der Waals surface area contributed by atoms with Crippen LogP contribution in [0.1, 0.15) is 16.1 Å². The highest BCUT2D eigenvalue weighted by Gasteiger charge is 2.34. The summed E-state index contributed by atoms with van der Waals surface area (Å²) in [6.07, 6.45) is -4.70. The molecule has 2 rings (SSSR count). The van der Waals surface area contributed by atoms with Gasteiger partial charge in [-0.25, -0.2) is 4.98 Å². The fraction of sp³-hybridized carbons (Fsp3) is 0.0769. The number of benzene rings is 1. The third kappa shape index (κ3) is 3.29. The van der Waals surface area contributed by atoms with E-state index in [1.807, 2.05) is 0 Å². The first-order valence-electron chi connectivity index (χ1n) is 5.64. The van der Waals surface area contributed by atoms with Gasteiger partial charge < -0.3 is 5.73 Å². The molecule has 2 N–H and O–H groups in total. The molecule has 22 heavy (non-hydrogen) atoms. The van der Waals surface area contributed by atoms with Gasteiger partial charge in [-0.2, -0.15) is 13.2 Å². The zero-order valence-corrected chi connectivity index (χ0v) is 12.8. The first kappa shape index (κ1) is 16.9.